The average Bonchev–Trinajstić information content (AvgIpc) is 2.88. The lowest BCUT2D eigenvalue weighted by molar-refractivity contribution is -0.121. The van der Waals surface area contributed by atoms with E-state index in [1.165, 1.54) is 25.9 Å². The molecular weight excluding hydrogens is 220 g/mol. The zero-order valence-electron chi connectivity index (χ0n) is 9.37. The lowest BCUT2D eigenvalue weighted by atomic mass is 10.4. The van der Waals surface area contributed by atoms with Crippen molar-refractivity contribution in [2.45, 2.75) is 19.3 Å². The van der Waals surface area contributed by atoms with Crippen LogP contribution in [0.2, 0.25) is 0 Å². The van der Waals surface area contributed by atoms with E-state index in [-0.39, 0.29) is 5.91 Å². The van der Waals surface area contributed by atoms with Gasteiger partial charge in [-0.25, -0.2) is 0 Å². The molecule has 0 radical (unpaired) electrons. The van der Waals surface area contributed by atoms with Crippen molar-refractivity contribution in [1.82, 2.24) is 9.80 Å². The van der Waals surface area contributed by atoms with E-state index in [4.69, 9.17) is 12.2 Å². The third-order valence-electron chi connectivity index (χ3n) is 3.03. The first-order chi connectivity index (χ1) is 7.77. The Morgan fingerprint density at radius 3 is 2.44 bits per heavy atom. The standard InChI is InChI=1S/C12H16N2OS/c15-12-11(16)5-10-14(12)9-4-3-8-13-6-1-2-7-13/h1-2,5-10H2. The van der Waals surface area contributed by atoms with Crippen LogP contribution in [0.25, 0.3) is 0 Å². The van der Waals surface area contributed by atoms with Crippen LogP contribution >= 0.6 is 12.2 Å². The number of likely N-dealkylation sites (tertiary alicyclic amines) is 2. The van der Waals surface area contributed by atoms with Crippen LogP contribution in [-0.4, -0.2) is 53.3 Å². The summed E-state index contributed by atoms with van der Waals surface area (Å²) >= 11 is 4.94. The molecule has 0 aromatic carbocycles. The van der Waals surface area contributed by atoms with Crippen molar-refractivity contribution < 1.29 is 4.79 Å². The minimum atomic E-state index is 0.00507. The number of amides is 1. The number of hydrogen-bond acceptors (Lipinski definition) is 3. The molecule has 2 saturated heterocycles. The number of carbonyl (C=O) groups is 1. The van der Waals surface area contributed by atoms with Gasteiger partial charge >= 0.3 is 0 Å². The Morgan fingerprint density at radius 1 is 1.12 bits per heavy atom. The molecule has 2 fully saturated rings. The number of rotatable bonds is 2. The Hall–Kier alpha value is -0.920. The van der Waals surface area contributed by atoms with Crippen molar-refractivity contribution in [1.29, 1.82) is 0 Å². The highest BCUT2D eigenvalue weighted by Crippen LogP contribution is 2.07. The van der Waals surface area contributed by atoms with Crippen LogP contribution in [0.5, 0.6) is 0 Å². The molecule has 0 spiro atoms. The molecule has 2 rings (SSSR count). The number of nitrogens with zero attached hydrogens (tertiary/aromatic N) is 2. The second-order valence-corrected chi connectivity index (χ2v) is 4.73. The molecule has 2 aliphatic heterocycles. The first-order valence-electron chi connectivity index (χ1n) is 5.77. The van der Waals surface area contributed by atoms with Gasteiger partial charge in [0, 0.05) is 13.0 Å². The summed E-state index contributed by atoms with van der Waals surface area (Å²) in [5, 5.41) is 0. The van der Waals surface area contributed by atoms with Gasteiger partial charge in [0.05, 0.1) is 18.0 Å². The van der Waals surface area contributed by atoms with Gasteiger partial charge in [-0.3, -0.25) is 9.69 Å². The van der Waals surface area contributed by atoms with Gasteiger partial charge in [0.1, 0.15) is 0 Å². The summed E-state index contributed by atoms with van der Waals surface area (Å²) in [7, 11) is 0. The largest absolute Gasteiger partial charge is 0.327 e. The lowest BCUT2D eigenvalue weighted by Crippen LogP contribution is -2.27. The molecule has 2 aliphatic rings. The maximum Gasteiger partial charge on any atom is 0.261 e. The Labute approximate surface area is 102 Å². The van der Waals surface area contributed by atoms with Crippen molar-refractivity contribution in [3.05, 3.63) is 0 Å². The number of hydrogen-bond donors (Lipinski definition) is 0. The number of carbonyl (C=O) groups excluding carboxylic acids is 1. The van der Waals surface area contributed by atoms with Gasteiger partial charge in [-0.05, 0) is 25.9 Å². The van der Waals surface area contributed by atoms with E-state index in [0.717, 1.165) is 19.5 Å². The summed E-state index contributed by atoms with van der Waals surface area (Å²) in [6, 6.07) is 0. The van der Waals surface area contributed by atoms with Crippen molar-refractivity contribution in [2.75, 3.05) is 32.7 Å². The van der Waals surface area contributed by atoms with E-state index in [1.807, 2.05) is 0 Å². The van der Waals surface area contributed by atoms with Crippen LogP contribution in [0.4, 0.5) is 0 Å². The van der Waals surface area contributed by atoms with Gasteiger partial charge in [0.25, 0.3) is 5.91 Å². The molecule has 2 heterocycles. The second kappa shape index (κ2) is 5.42. The molecule has 86 valence electrons. The Kier molecular flexibility index (Phi) is 3.92. The van der Waals surface area contributed by atoms with E-state index in [1.54, 1.807) is 4.90 Å². The summed E-state index contributed by atoms with van der Waals surface area (Å²) in [6.07, 6.45) is 3.31. The van der Waals surface area contributed by atoms with Gasteiger partial charge in [0.15, 0.2) is 0 Å². The molecule has 0 aromatic rings. The minimum Gasteiger partial charge on any atom is -0.327 e. The lowest BCUT2D eigenvalue weighted by Gasteiger charge is -2.11. The molecule has 0 bridgehead atoms. The predicted molar refractivity (Wildman–Crippen MR) is 67.2 cm³/mol. The van der Waals surface area contributed by atoms with Crippen LogP contribution < -0.4 is 0 Å². The fraction of sp³-hybridized carbons (Fsp3) is 0.667. The first kappa shape index (κ1) is 11.6. The molecule has 0 N–H and O–H groups in total. The zero-order chi connectivity index (χ0) is 11.4. The molecular formula is C12H16N2OS. The normalized spacial score (nSPS) is 21.4. The summed E-state index contributed by atoms with van der Waals surface area (Å²) in [5.74, 6) is 6.19. The molecule has 0 saturated carbocycles. The molecule has 0 unspecified atom stereocenters. The zero-order valence-corrected chi connectivity index (χ0v) is 10.2. The van der Waals surface area contributed by atoms with E-state index >= 15 is 0 Å². The average molecular weight is 236 g/mol. The van der Waals surface area contributed by atoms with Crippen molar-refractivity contribution in [2.24, 2.45) is 0 Å². The van der Waals surface area contributed by atoms with Crippen molar-refractivity contribution in [3.63, 3.8) is 0 Å². The monoisotopic (exact) mass is 236 g/mol. The van der Waals surface area contributed by atoms with Crippen molar-refractivity contribution in [3.8, 4) is 11.8 Å². The molecule has 0 aliphatic carbocycles. The van der Waals surface area contributed by atoms with Crippen LogP contribution in [0, 0.1) is 11.8 Å². The molecule has 4 heteroatoms. The summed E-state index contributed by atoms with van der Waals surface area (Å²) in [4.78, 5) is 16.1. The van der Waals surface area contributed by atoms with Gasteiger partial charge in [-0.2, -0.15) is 0 Å². The first-order valence-corrected chi connectivity index (χ1v) is 6.18. The highest BCUT2D eigenvalue weighted by molar-refractivity contribution is 7.82. The van der Waals surface area contributed by atoms with Crippen LogP contribution in [0.1, 0.15) is 19.3 Å². The van der Waals surface area contributed by atoms with Crippen LogP contribution in [0.3, 0.4) is 0 Å². The highest BCUT2D eigenvalue weighted by Gasteiger charge is 2.24. The fourth-order valence-electron chi connectivity index (χ4n) is 2.03. The Balaban J connectivity index is 1.72. The Bertz CT molecular complexity index is 350. The predicted octanol–water partition coefficient (Wildman–Crippen LogP) is 0.688. The molecule has 0 atom stereocenters. The topological polar surface area (TPSA) is 23.6 Å². The maximum absolute atomic E-state index is 11.5. The molecule has 0 aromatic heterocycles. The van der Waals surface area contributed by atoms with Gasteiger partial charge in [-0.15, -0.1) is 0 Å². The summed E-state index contributed by atoms with van der Waals surface area (Å²) < 4.78 is 0. The van der Waals surface area contributed by atoms with E-state index in [0.29, 0.717) is 11.4 Å². The van der Waals surface area contributed by atoms with Gasteiger partial charge in [-0.1, -0.05) is 24.1 Å². The molecule has 16 heavy (non-hydrogen) atoms. The molecule has 1 amide bonds. The fourth-order valence-corrected chi connectivity index (χ4v) is 2.25. The van der Waals surface area contributed by atoms with E-state index < -0.39 is 0 Å². The number of thiocarbonyl (C=S) groups is 1. The summed E-state index contributed by atoms with van der Waals surface area (Å²) in [6.45, 7) is 4.46. The Morgan fingerprint density at radius 2 is 1.81 bits per heavy atom. The van der Waals surface area contributed by atoms with Crippen LogP contribution in [-0.2, 0) is 4.79 Å². The van der Waals surface area contributed by atoms with Crippen LogP contribution in [0.15, 0.2) is 0 Å². The molecule has 3 nitrogen and oxygen atoms in total. The van der Waals surface area contributed by atoms with E-state index in [9.17, 15) is 4.79 Å². The maximum atomic E-state index is 11.5. The highest BCUT2D eigenvalue weighted by atomic mass is 32.1. The third-order valence-corrected chi connectivity index (χ3v) is 3.41. The van der Waals surface area contributed by atoms with Gasteiger partial charge < -0.3 is 4.90 Å². The van der Waals surface area contributed by atoms with Crippen molar-refractivity contribution >= 4 is 23.0 Å². The minimum absolute atomic E-state index is 0.00507. The van der Waals surface area contributed by atoms with Gasteiger partial charge in [0.2, 0.25) is 0 Å². The summed E-state index contributed by atoms with van der Waals surface area (Å²) in [5.41, 5.74) is 0. The quantitative estimate of drug-likeness (QED) is 0.520. The smallest absolute Gasteiger partial charge is 0.261 e. The van der Waals surface area contributed by atoms with E-state index in [2.05, 4.69) is 16.7 Å². The third kappa shape index (κ3) is 2.81. The SMILES string of the molecule is O=C1C(=S)CCN1CC#CCN1CCCC1. The second-order valence-electron chi connectivity index (χ2n) is 4.24.